The van der Waals surface area contributed by atoms with Crippen molar-refractivity contribution in [3.63, 3.8) is 0 Å². The van der Waals surface area contributed by atoms with E-state index in [1.54, 1.807) is 31.2 Å². The maximum absolute atomic E-state index is 12.7. The normalized spacial score (nSPS) is 16.6. The summed E-state index contributed by atoms with van der Waals surface area (Å²) in [6, 6.07) is 6.49. The molecule has 0 bridgehead atoms. The quantitative estimate of drug-likeness (QED) is 0.841. The lowest BCUT2D eigenvalue weighted by Gasteiger charge is -2.25. The molecule has 7 heteroatoms. The van der Waals surface area contributed by atoms with Gasteiger partial charge in [0.25, 0.3) is 0 Å². The Hall–Kier alpha value is -2.83. The number of likely N-dealkylation sites (tertiary alicyclic amines) is 1. The zero-order valence-corrected chi connectivity index (χ0v) is 15.2. The Morgan fingerprint density at radius 2 is 2.04 bits per heavy atom. The van der Waals surface area contributed by atoms with E-state index in [4.69, 9.17) is 9.26 Å². The first-order chi connectivity index (χ1) is 12.5. The number of carbonyl (C=O) groups excluding carboxylic acids is 2. The van der Waals surface area contributed by atoms with Crippen molar-refractivity contribution < 1.29 is 18.8 Å². The number of rotatable bonds is 4. The van der Waals surface area contributed by atoms with Gasteiger partial charge in [0.05, 0.1) is 23.9 Å². The standard InChI is InChI=1S/C19H23N3O4/c1-4-25-18(23)14-7-9-15(10-8-14)20-19(24)22-11-5-6-16(22)17-12(2)21-26-13(17)3/h7-10,16H,4-6,11H2,1-3H3,(H,20,24). The van der Waals surface area contributed by atoms with Crippen molar-refractivity contribution in [3.8, 4) is 0 Å². The lowest BCUT2D eigenvalue weighted by Crippen LogP contribution is -2.34. The van der Waals surface area contributed by atoms with Crippen molar-refractivity contribution in [2.45, 2.75) is 39.7 Å². The molecule has 2 aromatic rings. The van der Waals surface area contributed by atoms with Crippen LogP contribution in [-0.4, -0.2) is 35.2 Å². The molecule has 2 amide bonds. The van der Waals surface area contributed by atoms with E-state index in [1.165, 1.54) is 0 Å². The lowest BCUT2D eigenvalue weighted by atomic mass is 10.0. The van der Waals surface area contributed by atoms with Crippen molar-refractivity contribution in [1.82, 2.24) is 10.1 Å². The number of amides is 2. The summed E-state index contributed by atoms with van der Waals surface area (Å²) in [5, 5.41) is 6.90. The van der Waals surface area contributed by atoms with Gasteiger partial charge in [0, 0.05) is 17.8 Å². The summed E-state index contributed by atoms with van der Waals surface area (Å²) in [6.07, 6.45) is 1.82. The topological polar surface area (TPSA) is 84.7 Å². The highest BCUT2D eigenvalue weighted by atomic mass is 16.5. The molecule has 138 valence electrons. The molecule has 0 spiro atoms. The van der Waals surface area contributed by atoms with Gasteiger partial charge in [-0.15, -0.1) is 0 Å². The van der Waals surface area contributed by atoms with Gasteiger partial charge in [0.1, 0.15) is 5.76 Å². The number of aryl methyl sites for hydroxylation is 2. The minimum atomic E-state index is -0.372. The average molecular weight is 357 g/mol. The van der Waals surface area contributed by atoms with Crippen LogP contribution >= 0.6 is 0 Å². The number of ether oxygens (including phenoxy) is 1. The highest BCUT2D eigenvalue weighted by Crippen LogP contribution is 2.35. The molecule has 0 aliphatic carbocycles. The summed E-state index contributed by atoms with van der Waals surface area (Å²) in [5.41, 5.74) is 2.91. The van der Waals surface area contributed by atoms with Gasteiger partial charge in [-0.3, -0.25) is 0 Å². The van der Waals surface area contributed by atoms with Crippen LogP contribution in [0.15, 0.2) is 28.8 Å². The van der Waals surface area contributed by atoms with Crippen molar-refractivity contribution in [2.24, 2.45) is 0 Å². The number of benzene rings is 1. The summed E-state index contributed by atoms with van der Waals surface area (Å²) in [6.45, 7) is 6.54. The number of urea groups is 1. The zero-order chi connectivity index (χ0) is 18.7. The fourth-order valence-electron chi connectivity index (χ4n) is 3.38. The Morgan fingerprint density at radius 3 is 2.65 bits per heavy atom. The minimum absolute atomic E-state index is 0.0277. The van der Waals surface area contributed by atoms with Crippen molar-refractivity contribution in [2.75, 3.05) is 18.5 Å². The summed E-state index contributed by atoms with van der Waals surface area (Å²) in [4.78, 5) is 26.2. The van der Waals surface area contributed by atoms with E-state index in [0.717, 1.165) is 29.9 Å². The van der Waals surface area contributed by atoms with Crippen LogP contribution in [0, 0.1) is 13.8 Å². The SMILES string of the molecule is CCOC(=O)c1ccc(NC(=O)N2CCCC2c2c(C)noc2C)cc1. The number of nitrogens with zero attached hydrogens (tertiary/aromatic N) is 2. The lowest BCUT2D eigenvalue weighted by molar-refractivity contribution is 0.0526. The summed E-state index contributed by atoms with van der Waals surface area (Å²) >= 11 is 0. The van der Waals surface area contributed by atoms with Crippen molar-refractivity contribution in [1.29, 1.82) is 0 Å². The molecule has 1 N–H and O–H groups in total. The molecular weight excluding hydrogens is 334 g/mol. The van der Waals surface area contributed by atoms with Crippen LogP contribution in [0.25, 0.3) is 0 Å². The fourth-order valence-corrected chi connectivity index (χ4v) is 3.38. The fraction of sp³-hybridized carbons (Fsp3) is 0.421. The van der Waals surface area contributed by atoms with Crippen LogP contribution in [0.5, 0.6) is 0 Å². The van der Waals surface area contributed by atoms with Crippen LogP contribution in [-0.2, 0) is 4.74 Å². The molecule has 1 fully saturated rings. The van der Waals surface area contributed by atoms with Crippen LogP contribution < -0.4 is 5.32 Å². The minimum Gasteiger partial charge on any atom is -0.462 e. The van der Waals surface area contributed by atoms with E-state index >= 15 is 0 Å². The molecule has 26 heavy (non-hydrogen) atoms. The maximum Gasteiger partial charge on any atom is 0.338 e. The molecule has 1 saturated heterocycles. The third-order valence-corrected chi connectivity index (χ3v) is 4.58. The van der Waals surface area contributed by atoms with E-state index < -0.39 is 0 Å². The number of nitrogens with one attached hydrogen (secondary N) is 1. The van der Waals surface area contributed by atoms with E-state index in [0.29, 0.717) is 24.4 Å². The average Bonchev–Trinajstić information content (AvgIpc) is 3.22. The van der Waals surface area contributed by atoms with Crippen LogP contribution in [0.2, 0.25) is 0 Å². The first-order valence-corrected chi connectivity index (χ1v) is 8.78. The predicted molar refractivity (Wildman–Crippen MR) is 96.1 cm³/mol. The number of hydrogen-bond acceptors (Lipinski definition) is 5. The van der Waals surface area contributed by atoms with Gasteiger partial charge in [-0.2, -0.15) is 0 Å². The van der Waals surface area contributed by atoms with E-state index in [2.05, 4.69) is 10.5 Å². The number of hydrogen-bond donors (Lipinski definition) is 1. The van der Waals surface area contributed by atoms with Gasteiger partial charge in [-0.05, 0) is 57.9 Å². The number of esters is 1. The summed E-state index contributed by atoms with van der Waals surface area (Å²) in [7, 11) is 0. The third kappa shape index (κ3) is 3.56. The van der Waals surface area contributed by atoms with Gasteiger partial charge < -0.3 is 19.5 Å². The second kappa shape index (κ2) is 7.59. The molecule has 1 aliphatic rings. The second-order valence-corrected chi connectivity index (χ2v) is 6.32. The molecule has 0 radical (unpaired) electrons. The number of aromatic nitrogens is 1. The Labute approximate surface area is 152 Å². The summed E-state index contributed by atoms with van der Waals surface area (Å²) in [5.74, 6) is 0.384. The Balaban J connectivity index is 1.70. The van der Waals surface area contributed by atoms with Crippen LogP contribution in [0.1, 0.15) is 53.2 Å². The van der Waals surface area contributed by atoms with Gasteiger partial charge in [0.2, 0.25) is 0 Å². The smallest absolute Gasteiger partial charge is 0.338 e. The molecule has 1 aliphatic heterocycles. The Bertz CT molecular complexity index is 778. The predicted octanol–water partition coefficient (Wildman–Crippen LogP) is 3.84. The molecule has 1 atom stereocenters. The number of carbonyl (C=O) groups is 2. The van der Waals surface area contributed by atoms with Crippen LogP contribution in [0.3, 0.4) is 0 Å². The molecule has 1 aromatic heterocycles. The highest BCUT2D eigenvalue weighted by Gasteiger charge is 2.33. The number of anilines is 1. The molecular formula is C19H23N3O4. The van der Waals surface area contributed by atoms with E-state index in [1.807, 2.05) is 18.7 Å². The molecule has 2 heterocycles. The van der Waals surface area contributed by atoms with Gasteiger partial charge in [0.15, 0.2) is 0 Å². The van der Waals surface area contributed by atoms with E-state index in [-0.39, 0.29) is 18.0 Å². The third-order valence-electron chi connectivity index (χ3n) is 4.58. The van der Waals surface area contributed by atoms with Gasteiger partial charge >= 0.3 is 12.0 Å². The van der Waals surface area contributed by atoms with Crippen molar-refractivity contribution in [3.05, 3.63) is 46.8 Å². The molecule has 3 rings (SSSR count). The molecule has 7 nitrogen and oxygen atoms in total. The summed E-state index contributed by atoms with van der Waals surface area (Å²) < 4.78 is 10.2. The second-order valence-electron chi connectivity index (χ2n) is 6.32. The zero-order valence-electron chi connectivity index (χ0n) is 15.2. The Morgan fingerprint density at radius 1 is 1.31 bits per heavy atom. The molecule has 1 aromatic carbocycles. The highest BCUT2D eigenvalue weighted by molar-refractivity contribution is 5.92. The monoisotopic (exact) mass is 357 g/mol. The maximum atomic E-state index is 12.7. The van der Waals surface area contributed by atoms with Gasteiger partial charge in [-0.1, -0.05) is 5.16 Å². The first-order valence-electron chi connectivity index (χ1n) is 8.78. The molecule has 0 saturated carbocycles. The molecule has 1 unspecified atom stereocenters. The largest absolute Gasteiger partial charge is 0.462 e. The van der Waals surface area contributed by atoms with Crippen LogP contribution in [0.4, 0.5) is 10.5 Å². The first kappa shape index (κ1) is 18.0. The van der Waals surface area contributed by atoms with Crippen molar-refractivity contribution >= 4 is 17.7 Å². The Kier molecular flexibility index (Phi) is 5.25. The van der Waals surface area contributed by atoms with E-state index in [9.17, 15) is 9.59 Å². The van der Waals surface area contributed by atoms with Gasteiger partial charge in [-0.25, -0.2) is 9.59 Å².